The lowest BCUT2D eigenvalue weighted by molar-refractivity contribution is -0.173. The molecule has 1 aromatic heterocycles. The summed E-state index contributed by atoms with van der Waals surface area (Å²) in [6.45, 7) is 8.89. The zero-order chi connectivity index (χ0) is 42.9. The predicted octanol–water partition coefficient (Wildman–Crippen LogP) is 7.15. The van der Waals surface area contributed by atoms with Crippen LogP contribution in [0.3, 0.4) is 0 Å². The SMILES string of the molecule is CO[C@H]1[C@H](n2cc(C)c(=O)n(COCc3ccccc3)c2=O)O[C@@](COCc2ccccc2)(CO[Si](c2ccccc2)(c2ccccc2)C(C)(C)C)[C@H]1OCc1ccccc1. The molecule has 5 aromatic carbocycles. The third-order valence-electron chi connectivity index (χ3n) is 11.4. The van der Waals surface area contributed by atoms with Crippen LogP contribution in [0.15, 0.2) is 167 Å². The third kappa shape index (κ3) is 9.64. The lowest BCUT2D eigenvalue weighted by Crippen LogP contribution is -2.68. The second-order valence-corrected chi connectivity index (χ2v) is 20.9. The van der Waals surface area contributed by atoms with Gasteiger partial charge in [-0.2, -0.15) is 0 Å². The molecule has 0 N–H and O–H groups in total. The van der Waals surface area contributed by atoms with Gasteiger partial charge in [0.25, 0.3) is 13.9 Å². The number of hydrogen-bond donors (Lipinski definition) is 0. The van der Waals surface area contributed by atoms with E-state index in [4.69, 9.17) is 28.1 Å². The first kappa shape index (κ1) is 43.8. The lowest BCUT2D eigenvalue weighted by atomic mass is 9.96. The summed E-state index contributed by atoms with van der Waals surface area (Å²) in [6, 6.07) is 50.3. The van der Waals surface area contributed by atoms with Crippen LogP contribution in [0.2, 0.25) is 5.04 Å². The van der Waals surface area contributed by atoms with Crippen LogP contribution in [0.25, 0.3) is 0 Å². The monoisotopic (exact) mass is 840 g/mol. The molecule has 0 unspecified atom stereocenters. The average molecular weight is 841 g/mol. The number of methoxy groups -OCH3 is 1. The molecule has 10 nitrogen and oxygen atoms in total. The van der Waals surface area contributed by atoms with Crippen molar-refractivity contribution in [2.45, 2.75) is 83.3 Å². The molecule has 2 heterocycles. The molecule has 7 rings (SSSR count). The second-order valence-electron chi connectivity index (χ2n) is 16.6. The van der Waals surface area contributed by atoms with Crippen molar-refractivity contribution < 1.29 is 28.1 Å². The summed E-state index contributed by atoms with van der Waals surface area (Å²) >= 11 is 0. The number of ether oxygens (including phenoxy) is 5. The molecule has 4 atom stereocenters. The molecule has 0 bridgehead atoms. The van der Waals surface area contributed by atoms with Crippen molar-refractivity contribution in [3.05, 3.63) is 201 Å². The molecule has 0 spiro atoms. The molecule has 61 heavy (non-hydrogen) atoms. The molecule has 0 aliphatic carbocycles. The molecule has 0 amide bonds. The number of aryl methyl sites for hydroxylation is 1. The number of hydrogen-bond acceptors (Lipinski definition) is 8. The van der Waals surface area contributed by atoms with E-state index >= 15 is 0 Å². The Kier molecular flexibility index (Phi) is 14.1. The highest BCUT2D eigenvalue weighted by Gasteiger charge is 2.60. The van der Waals surface area contributed by atoms with E-state index in [9.17, 15) is 9.59 Å². The van der Waals surface area contributed by atoms with Gasteiger partial charge in [0.05, 0.1) is 33.0 Å². The number of nitrogens with zero attached hydrogens (tertiary/aromatic N) is 2. The van der Waals surface area contributed by atoms with Gasteiger partial charge in [0, 0.05) is 18.9 Å². The molecule has 1 saturated heterocycles. The first-order valence-electron chi connectivity index (χ1n) is 20.7. The van der Waals surface area contributed by atoms with E-state index in [0.717, 1.165) is 31.6 Å². The Morgan fingerprint density at radius 3 is 1.62 bits per heavy atom. The van der Waals surface area contributed by atoms with Gasteiger partial charge in [-0.25, -0.2) is 9.36 Å². The highest BCUT2D eigenvalue weighted by molar-refractivity contribution is 6.99. The van der Waals surface area contributed by atoms with Gasteiger partial charge in [-0.05, 0) is 39.0 Å². The first-order chi connectivity index (χ1) is 29.6. The summed E-state index contributed by atoms with van der Waals surface area (Å²) in [5, 5.41) is 1.84. The van der Waals surface area contributed by atoms with Crippen LogP contribution < -0.4 is 21.6 Å². The Morgan fingerprint density at radius 2 is 1.13 bits per heavy atom. The maximum Gasteiger partial charge on any atom is 0.335 e. The Labute approximate surface area is 359 Å². The molecule has 1 aliphatic rings. The van der Waals surface area contributed by atoms with Gasteiger partial charge in [0.1, 0.15) is 24.5 Å². The fraction of sp³-hybridized carbons (Fsp3) is 0.320. The number of rotatable bonds is 18. The van der Waals surface area contributed by atoms with Crippen molar-refractivity contribution >= 4 is 18.7 Å². The van der Waals surface area contributed by atoms with E-state index < -0.39 is 43.6 Å². The van der Waals surface area contributed by atoms with Crippen molar-refractivity contribution in [1.29, 1.82) is 0 Å². The van der Waals surface area contributed by atoms with Crippen LogP contribution in [-0.2, 0) is 54.7 Å². The van der Waals surface area contributed by atoms with E-state index in [0.29, 0.717) is 12.2 Å². The first-order valence-corrected chi connectivity index (χ1v) is 22.6. The van der Waals surface area contributed by atoms with Crippen LogP contribution >= 0.6 is 0 Å². The maximum absolute atomic E-state index is 14.6. The lowest BCUT2D eigenvalue weighted by Gasteiger charge is -2.45. The van der Waals surface area contributed by atoms with Gasteiger partial charge < -0.3 is 28.1 Å². The van der Waals surface area contributed by atoms with Crippen LogP contribution in [-0.4, -0.2) is 55.6 Å². The van der Waals surface area contributed by atoms with Gasteiger partial charge in [-0.15, -0.1) is 0 Å². The fourth-order valence-corrected chi connectivity index (χ4v) is 13.0. The van der Waals surface area contributed by atoms with E-state index in [2.05, 4.69) is 69.3 Å². The normalized spacial score (nSPS) is 19.3. The van der Waals surface area contributed by atoms with E-state index in [1.54, 1.807) is 14.0 Å². The molecule has 1 aliphatic heterocycles. The molecule has 11 heteroatoms. The Bertz CT molecular complexity index is 2370. The second kappa shape index (κ2) is 19.6. The van der Waals surface area contributed by atoms with Crippen LogP contribution in [0, 0.1) is 6.92 Å². The van der Waals surface area contributed by atoms with Crippen LogP contribution in [0.1, 0.15) is 49.3 Å². The van der Waals surface area contributed by atoms with Crippen LogP contribution in [0.4, 0.5) is 0 Å². The summed E-state index contributed by atoms with van der Waals surface area (Å²) < 4.78 is 43.3. The topological polar surface area (TPSA) is 99.4 Å². The molecule has 1 fully saturated rings. The minimum absolute atomic E-state index is 0.0262. The zero-order valence-corrected chi connectivity index (χ0v) is 36.6. The molecule has 0 radical (unpaired) electrons. The van der Waals surface area contributed by atoms with E-state index in [1.807, 2.05) is 103 Å². The van der Waals surface area contributed by atoms with E-state index in [1.165, 1.54) is 10.8 Å². The van der Waals surface area contributed by atoms with Gasteiger partial charge in [0.15, 0.2) is 6.23 Å². The number of aromatic nitrogens is 2. The average Bonchev–Trinajstić information content (AvgIpc) is 3.59. The molecule has 318 valence electrons. The van der Waals surface area contributed by atoms with Crippen LogP contribution in [0.5, 0.6) is 0 Å². The Morgan fingerprint density at radius 1 is 0.656 bits per heavy atom. The number of benzene rings is 5. The summed E-state index contributed by atoms with van der Waals surface area (Å²) in [7, 11) is -1.57. The van der Waals surface area contributed by atoms with Crippen molar-refractivity contribution in [2.75, 3.05) is 20.3 Å². The quantitative estimate of drug-likeness (QED) is 0.0843. The van der Waals surface area contributed by atoms with Crippen molar-refractivity contribution in [2.24, 2.45) is 0 Å². The minimum atomic E-state index is -3.16. The summed E-state index contributed by atoms with van der Waals surface area (Å²) in [4.78, 5) is 28.2. The maximum atomic E-state index is 14.6. The Balaban J connectivity index is 1.34. The van der Waals surface area contributed by atoms with E-state index in [-0.39, 0.29) is 38.2 Å². The predicted molar refractivity (Wildman–Crippen MR) is 239 cm³/mol. The highest BCUT2D eigenvalue weighted by atomic mass is 28.4. The molecule has 6 aromatic rings. The minimum Gasteiger partial charge on any atom is -0.404 e. The molecular formula is C50H56N2O8Si. The molecular weight excluding hydrogens is 785 g/mol. The van der Waals surface area contributed by atoms with Gasteiger partial charge >= 0.3 is 5.69 Å². The largest absolute Gasteiger partial charge is 0.404 e. The van der Waals surface area contributed by atoms with Gasteiger partial charge in [-0.1, -0.05) is 172 Å². The third-order valence-corrected chi connectivity index (χ3v) is 16.4. The zero-order valence-electron chi connectivity index (χ0n) is 35.6. The Hall–Kier alpha value is -5.24. The summed E-state index contributed by atoms with van der Waals surface area (Å²) in [6.07, 6.45) is -1.19. The van der Waals surface area contributed by atoms with Crippen molar-refractivity contribution in [3.63, 3.8) is 0 Å². The van der Waals surface area contributed by atoms with Gasteiger partial charge in [-0.3, -0.25) is 9.36 Å². The summed E-state index contributed by atoms with van der Waals surface area (Å²) in [5.41, 5.74) is 0.799. The van der Waals surface area contributed by atoms with Crippen molar-refractivity contribution in [1.82, 2.24) is 9.13 Å². The molecule has 0 saturated carbocycles. The standard InChI is InChI=1S/C50H56N2O8Si/c1-38-31-51(48(54)52(46(38)53)37-57-33-40-23-13-7-14-24-40)47-44(55-5)45(58-34-41-25-15-8-16-26-41)50(60-47,35-56-32-39-21-11-6-12-22-39)36-59-61(49(2,3)4,42-27-17-9-18-28-42)43-29-19-10-20-30-43/h6-31,44-45,47H,32-37H2,1-5H3/t44-,45+,47-,50+/m1/s1. The van der Waals surface area contributed by atoms with Crippen molar-refractivity contribution in [3.8, 4) is 0 Å². The smallest absolute Gasteiger partial charge is 0.335 e. The summed E-state index contributed by atoms with van der Waals surface area (Å²) in [5.74, 6) is 0. The highest BCUT2D eigenvalue weighted by Crippen LogP contribution is 2.44. The fourth-order valence-electron chi connectivity index (χ4n) is 8.35. The van der Waals surface area contributed by atoms with Gasteiger partial charge in [0.2, 0.25) is 0 Å².